The number of halogens is 4. The second-order valence-corrected chi connectivity index (χ2v) is 5.58. The largest absolute Gasteiger partial charge is 0.431 e. The zero-order valence-electron chi connectivity index (χ0n) is 11.4. The van der Waals surface area contributed by atoms with Gasteiger partial charge in [-0.3, -0.25) is 0 Å². The lowest BCUT2D eigenvalue weighted by molar-refractivity contribution is -0.137. The maximum atomic E-state index is 12.6. The molecule has 0 N–H and O–H groups in total. The van der Waals surface area contributed by atoms with Crippen molar-refractivity contribution in [2.75, 3.05) is 0 Å². The van der Waals surface area contributed by atoms with Crippen LogP contribution in [0.3, 0.4) is 0 Å². The number of nitrogens with zero attached hydrogens (tertiary/aromatic N) is 1. The van der Waals surface area contributed by atoms with Crippen LogP contribution in [0.15, 0.2) is 58.2 Å². The van der Waals surface area contributed by atoms with Crippen LogP contribution in [0.5, 0.6) is 0 Å². The lowest BCUT2D eigenvalue weighted by Gasteiger charge is -2.07. The Balaban J connectivity index is 2.05. The summed E-state index contributed by atoms with van der Waals surface area (Å²) in [4.78, 5) is 4.15. The molecule has 1 heterocycles. The van der Waals surface area contributed by atoms with E-state index >= 15 is 0 Å². The molecule has 2 aromatic carbocycles. The van der Waals surface area contributed by atoms with Gasteiger partial charge >= 0.3 is 6.18 Å². The summed E-state index contributed by atoms with van der Waals surface area (Å²) >= 11 is 9.93. The molecule has 0 amide bonds. The van der Waals surface area contributed by atoms with Gasteiger partial charge in [0.15, 0.2) is 5.76 Å². The molecule has 7 heteroatoms. The number of oxazole rings is 1. The minimum atomic E-state index is -4.38. The van der Waals surface area contributed by atoms with Crippen LogP contribution >= 0.6 is 24.2 Å². The van der Waals surface area contributed by atoms with Crippen molar-refractivity contribution in [3.63, 3.8) is 0 Å². The molecule has 0 fully saturated rings. The topological polar surface area (TPSA) is 26.0 Å². The molecule has 0 aliphatic carbocycles. The predicted molar refractivity (Wildman–Crippen MR) is 84.6 cm³/mol. The molecule has 118 valence electrons. The Bertz CT molecular complexity index is 826. The van der Waals surface area contributed by atoms with Crippen LogP contribution in [0.25, 0.3) is 22.6 Å². The SMILES string of the molecule is FC(F)(F)c1ccc(-c2nc(S)oc2-c2ccc(Cl)cc2)cc1. The van der Waals surface area contributed by atoms with Crippen molar-refractivity contribution >= 4 is 24.2 Å². The highest BCUT2D eigenvalue weighted by Crippen LogP contribution is 2.36. The van der Waals surface area contributed by atoms with Gasteiger partial charge in [-0.15, -0.1) is 0 Å². The number of alkyl halides is 3. The fourth-order valence-corrected chi connectivity index (χ4v) is 2.44. The standard InChI is InChI=1S/C16H9ClF3NOS/c17-12-7-3-10(4-8-12)14-13(21-15(23)22-14)9-1-5-11(6-2-9)16(18,19)20/h1-8H,(H,21,23). The highest BCUT2D eigenvalue weighted by molar-refractivity contribution is 7.80. The van der Waals surface area contributed by atoms with E-state index in [-0.39, 0.29) is 5.22 Å². The molecular formula is C16H9ClF3NOS. The summed E-state index contributed by atoms with van der Waals surface area (Å²) in [6, 6.07) is 11.6. The van der Waals surface area contributed by atoms with Gasteiger partial charge in [-0.05, 0) is 36.4 Å². The average molecular weight is 356 g/mol. The first-order chi connectivity index (χ1) is 10.8. The molecule has 1 aromatic heterocycles. The first-order valence-electron chi connectivity index (χ1n) is 6.48. The normalized spacial score (nSPS) is 11.7. The van der Waals surface area contributed by atoms with Crippen LogP contribution in [0.1, 0.15) is 5.56 Å². The Morgan fingerprint density at radius 3 is 2.04 bits per heavy atom. The fraction of sp³-hybridized carbons (Fsp3) is 0.0625. The predicted octanol–water partition coefficient (Wildman–Crippen LogP) is 5.97. The van der Waals surface area contributed by atoms with Crippen LogP contribution < -0.4 is 0 Å². The monoisotopic (exact) mass is 355 g/mol. The molecule has 0 saturated heterocycles. The Labute approximate surface area is 140 Å². The summed E-state index contributed by atoms with van der Waals surface area (Å²) in [5.74, 6) is 0.423. The third-order valence-corrected chi connectivity index (χ3v) is 3.65. The molecule has 0 unspecified atom stereocenters. The van der Waals surface area contributed by atoms with E-state index in [0.717, 1.165) is 12.1 Å². The number of hydrogen-bond acceptors (Lipinski definition) is 3. The lowest BCUT2D eigenvalue weighted by Crippen LogP contribution is -2.04. The van der Waals surface area contributed by atoms with Crippen molar-refractivity contribution in [2.24, 2.45) is 0 Å². The fourth-order valence-electron chi connectivity index (χ4n) is 2.12. The highest BCUT2D eigenvalue weighted by Gasteiger charge is 2.30. The molecule has 0 radical (unpaired) electrons. The van der Waals surface area contributed by atoms with E-state index < -0.39 is 11.7 Å². The van der Waals surface area contributed by atoms with Crippen LogP contribution in [-0.4, -0.2) is 4.98 Å². The molecule has 0 aliphatic heterocycles. The number of rotatable bonds is 2. The van der Waals surface area contributed by atoms with E-state index in [4.69, 9.17) is 16.0 Å². The summed E-state index contributed by atoms with van der Waals surface area (Å²) in [6.45, 7) is 0. The maximum Gasteiger partial charge on any atom is 0.416 e. The summed E-state index contributed by atoms with van der Waals surface area (Å²) in [6.07, 6.45) is -4.38. The zero-order valence-corrected chi connectivity index (χ0v) is 13.1. The second kappa shape index (κ2) is 5.94. The molecule has 0 atom stereocenters. The molecule has 23 heavy (non-hydrogen) atoms. The van der Waals surface area contributed by atoms with Crippen molar-refractivity contribution in [1.29, 1.82) is 0 Å². The Morgan fingerprint density at radius 1 is 0.913 bits per heavy atom. The highest BCUT2D eigenvalue weighted by atomic mass is 35.5. The van der Waals surface area contributed by atoms with Crippen molar-refractivity contribution < 1.29 is 17.6 Å². The van der Waals surface area contributed by atoms with Gasteiger partial charge in [-0.1, -0.05) is 36.4 Å². The van der Waals surface area contributed by atoms with Gasteiger partial charge in [0.1, 0.15) is 5.69 Å². The maximum absolute atomic E-state index is 12.6. The van der Waals surface area contributed by atoms with E-state index in [0.29, 0.717) is 27.6 Å². The van der Waals surface area contributed by atoms with Gasteiger partial charge in [0.05, 0.1) is 5.56 Å². The first kappa shape index (κ1) is 16.0. The Morgan fingerprint density at radius 2 is 1.48 bits per heavy atom. The van der Waals surface area contributed by atoms with Gasteiger partial charge in [0.25, 0.3) is 5.22 Å². The van der Waals surface area contributed by atoms with Crippen LogP contribution in [0.4, 0.5) is 13.2 Å². The summed E-state index contributed by atoms with van der Waals surface area (Å²) < 4.78 is 43.4. The number of aromatic nitrogens is 1. The van der Waals surface area contributed by atoms with Gasteiger partial charge in [0.2, 0.25) is 0 Å². The first-order valence-corrected chi connectivity index (χ1v) is 7.30. The smallest absolute Gasteiger partial charge is 0.416 e. The summed E-state index contributed by atoms with van der Waals surface area (Å²) in [5, 5.41) is 0.695. The molecule has 0 spiro atoms. The Hall–Kier alpha value is -1.92. The molecule has 0 aliphatic rings. The number of benzene rings is 2. The Kier molecular flexibility index (Phi) is 4.12. The van der Waals surface area contributed by atoms with Crippen LogP contribution in [0, 0.1) is 0 Å². The van der Waals surface area contributed by atoms with Crippen molar-refractivity contribution in [1.82, 2.24) is 4.98 Å². The molecule has 3 rings (SSSR count). The number of thiol groups is 1. The second-order valence-electron chi connectivity index (χ2n) is 4.76. The third-order valence-electron chi connectivity index (χ3n) is 3.21. The summed E-state index contributed by atoms with van der Waals surface area (Å²) in [5.41, 5.74) is 0.916. The third kappa shape index (κ3) is 3.38. The zero-order chi connectivity index (χ0) is 16.6. The molecule has 3 aromatic rings. The van der Waals surface area contributed by atoms with Gasteiger partial charge in [-0.2, -0.15) is 13.2 Å². The minimum absolute atomic E-state index is 0.129. The van der Waals surface area contributed by atoms with Crippen molar-refractivity contribution in [3.05, 3.63) is 59.1 Å². The molecular weight excluding hydrogens is 347 g/mol. The van der Waals surface area contributed by atoms with E-state index in [1.165, 1.54) is 12.1 Å². The van der Waals surface area contributed by atoms with Crippen molar-refractivity contribution in [2.45, 2.75) is 11.4 Å². The average Bonchev–Trinajstić information content (AvgIpc) is 2.89. The van der Waals surface area contributed by atoms with E-state index in [2.05, 4.69) is 17.6 Å². The van der Waals surface area contributed by atoms with Gasteiger partial charge < -0.3 is 4.42 Å². The molecule has 0 bridgehead atoms. The van der Waals surface area contributed by atoms with Gasteiger partial charge in [0, 0.05) is 16.1 Å². The van der Waals surface area contributed by atoms with E-state index in [9.17, 15) is 13.2 Å². The van der Waals surface area contributed by atoms with E-state index in [1.54, 1.807) is 24.3 Å². The number of hydrogen-bond donors (Lipinski definition) is 1. The van der Waals surface area contributed by atoms with Crippen LogP contribution in [-0.2, 0) is 6.18 Å². The summed E-state index contributed by atoms with van der Waals surface area (Å²) in [7, 11) is 0. The van der Waals surface area contributed by atoms with Gasteiger partial charge in [-0.25, -0.2) is 4.98 Å². The van der Waals surface area contributed by atoms with E-state index in [1.807, 2.05) is 0 Å². The molecule has 0 saturated carbocycles. The molecule has 2 nitrogen and oxygen atoms in total. The van der Waals surface area contributed by atoms with Crippen molar-refractivity contribution in [3.8, 4) is 22.6 Å². The lowest BCUT2D eigenvalue weighted by atomic mass is 10.0. The van der Waals surface area contributed by atoms with Crippen LogP contribution in [0.2, 0.25) is 5.02 Å². The quantitative estimate of drug-likeness (QED) is 0.573. The minimum Gasteiger partial charge on any atom is -0.431 e.